The van der Waals surface area contributed by atoms with E-state index < -0.39 is 0 Å². The fourth-order valence-corrected chi connectivity index (χ4v) is 2.11. The standard InChI is InChI=1S/C13H17N/c1-3-5-11-6-7-12-8-9-14(4-2)13(12)10-11/h3,6-7,10H,1,4-5,8-9H2,2H3. The number of allylic oxidation sites excluding steroid dienone is 1. The molecule has 0 amide bonds. The van der Waals surface area contributed by atoms with Crippen LogP contribution in [-0.2, 0) is 12.8 Å². The molecule has 0 unspecified atom stereocenters. The second kappa shape index (κ2) is 3.87. The van der Waals surface area contributed by atoms with Crippen LogP contribution in [0, 0.1) is 0 Å². The van der Waals surface area contributed by atoms with E-state index in [4.69, 9.17) is 0 Å². The van der Waals surface area contributed by atoms with Crippen molar-refractivity contribution < 1.29 is 0 Å². The van der Waals surface area contributed by atoms with Crippen LogP contribution in [0.25, 0.3) is 0 Å². The lowest BCUT2D eigenvalue weighted by molar-refractivity contribution is 0.868. The SMILES string of the molecule is C=CCc1ccc2c(c1)N(CC)CC2. The normalized spacial score (nSPS) is 14.2. The summed E-state index contributed by atoms with van der Waals surface area (Å²) in [4.78, 5) is 2.45. The zero-order valence-electron chi connectivity index (χ0n) is 8.79. The van der Waals surface area contributed by atoms with Gasteiger partial charge in [0.2, 0.25) is 0 Å². The van der Waals surface area contributed by atoms with Gasteiger partial charge in [0.15, 0.2) is 0 Å². The summed E-state index contributed by atoms with van der Waals surface area (Å²) in [5.74, 6) is 0. The number of likely N-dealkylation sites (N-methyl/N-ethyl adjacent to an activating group) is 1. The van der Waals surface area contributed by atoms with E-state index in [0.29, 0.717) is 0 Å². The van der Waals surface area contributed by atoms with E-state index in [9.17, 15) is 0 Å². The second-order valence-electron chi connectivity index (χ2n) is 3.79. The molecule has 0 radical (unpaired) electrons. The third-order valence-electron chi connectivity index (χ3n) is 2.90. The van der Waals surface area contributed by atoms with Gasteiger partial charge in [-0.3, -0.25) is 0 Å². The number of hydrogen-bond donors (Lipinski definition) is 0. The van der Waals surface area contributed by atoms with Gasteiger partial charge in [0, 0.05) is 18.8 Å². The molecule has 0 aromatic heterocycles. The van der Waals surface area contributed by atoms with Crippen molar-refractivity contribution in [1.82, 2.24) is 0 Å². The van der Waals surface area contributed by atoms with Gasteiger partial charge in [-0.15, -0.1) is 6.58 Å². The van der Waals surface area contributed by atoms with E-state index in [2.05, 4.69) is 36.6 Å². The van der Waals surface area contributed by atoms with Crippen LogP contribution in [0.1, 0.15) is 18.1 Å². The molecule has 2 rings (SSSR count). The molecule has 0 fully saturated rings. The molecule has 1 nitrogen and oxygen atoms in total. The number of nitrogens with zero attached hydrogens (tertiary/aromatic N) is 1. The maximum Gasteiger partial charge on any atom is 0.0402 e. The van der Waals surface area contributed by atoms with Gasteiger partial charge >= 0.3 is 0 Å². The summed E-state index contributed by atoms with van der Waals surface area (Å²) in [5.41, 5.74) is 4.31. The molecule has 1 heterocycles. The quantitative estimate of drug-likeness (QED) is 0.658. The van der Waals surface area contributed by atoms with Crippen LogP contribution in [0.4, 0.5) is 5.69 Å². The third-order valence-corrected chi connectivity index (χ3v) is 2.90. The lowest BCUT2D eigenvalue weighted by Crippen LogP contribution is -2.19. The summed E-state index contributed by atoms with van der Waals surface area (Å²) in [6.45, 7) is 8.29. The predicted molar refractivity (Wildman–Crippen MR) is 61.9 cm³/mol. The van der Waals surface area contributed by atoms with Crippen molar-refractivity contribution in [3.63, 3.8) is 0 Å². The van der Waals surface area contributed by atoms with Crippen LogP contribution in [-0.4, -0.2) is 13.1 Å². The van der Waals surface area contributed by atoms with Crippen molar-refractivity contribution in [2.24, 2.45) is 0 Å². The van der Waals surface area contributed by atoms with Gasteiger partial charge < -0.3 is 4.90 Å². The lowest BCUT2D eigenvalue weighted by Gasteiger charge is -2.17. The van der Waals surface area contributed by atoms with Crippen LogP contribution in [0.3, 0.4) is 0 Å². The summed E-state index contributed by atoms with van der Waals surface area (Å²) in [5, 5.41) is 0. The van der Waals surface area contributed by atoms with Crippen LogP contribution < -0.4 is 4.90 Å². The Morgan fingerprint density at radius 1 is 1.50 bits per heavy atom. The molecule has 0 atom stereocenters. The van der Waals surface area contributed by atoms with Crippen molar-refractivity contribution in [3.8, 4) is 0 Å². The molecule has 1 aliphatic rings. The number of hydrogen-bond acceptors (Lipinski definition) is 1. The first-order chi connectivity index (χ1) is 6.85. The van der Waals surface area contributed by atoms with Crippen molar-refractivity contribution in [2.45, 2.75) is 19.8 Å². The minimum atomic E-state index is 0.977. The first-order valence-corrected chi connectivity index (χ1v) is 5.32. The number of fused-ring (bicyclic) bond motifs is 1. The smallest absolute Gasteiger partial charge is 0.0402 e. The van der Waals surface area contributed by atoms with Gasteiger partial charge in [-0.1, -0.05) is 18.2 Å². The maximum absolute atomic E-state index is 3.78. The summed E-state index contributed by atoms with van der Waals surface area (Å²) in [6, 6.07) is 6.80. The highest BCUT2D eigenvalue weighted by molar-refractivity contribution is 5.59. The highest BCUT2D eigenvalue weighted by Crippen LogP contribution is 2.28. The van der Waals surface area contributed by atoms with E-state index in [-0.39, 0.29) is 0 Å². The Bertz CT molecular complexity index is 341. The van der Waals surface area contributed by atoms with Crippen molar-refractivity contribution in [3.05, 3.63) is 42.0 Å². The fraction of sp³-hybridized carbons (Fsp3) is 0.385. The summed E-state index contributed by atoms with van der Waals surface area (Å²) in [7, 11) is 0. The predicted octanol–water partition coefficient (Wildman–Crippen LogP) is 2.80. The van der Waals surface area contributed by atoms with Crippen LogP contribution in [0.15, 0.2) is 30.9 Å². The molecule has 74 valence electrons. The van der Waals surface area contributed by atoms with Crippen molar-refractivity contribution >= 4 is 5.69 Å². The van der Waals surface area contributed by atoms with Gasteiger partial charge in [0.25, 0.3) is 0 Å². The van der Waals surface area contributed by atoms with E-state index in [0.717, 1.165) is 13.0 Å². The Balaban J connectivity index is 2.32. The highest BCUT2D eigenvalue weighted by Gasteiger charge is 2.16. The topological polar surface area (TPSA) is 3.24 Å². The number of rotatable bonds is 3. The molecule has 1 aromatic rings. The molecular formula is C13H17N. The number of anilines is 1. The van der Waals surface area contributed by atoms with Crippen molar-refractivity contribution in [2.75, 3.05) is 18.0 Å². The monoisotopic (exact) mass is 187 g/mol. The molecular weight excluding hydrogens is 170 g/mol. The molecule has 14 heavy (non-hydrogen) atoms. The number of benzene rings is 1. The summed E-state index contributed by atoms with van der Waals surface area (Å²) in [6.07, 6.45) is 4.15. The fourth-order valence-electron chi connectivity index (χ4n) is 2.11. The average Bonchev–Trinajstić information content (AvgIpc) is 2.60. The van der Waals surface area contributed by atoms with E-state index in [1.807, 2.05) is 6.08 Å². The minimum absolute atomic E-state index is 0.977. The van der Waals surface area contributed by atoms with Gasteiger partial charge in [0.1, 0.15) is 0 Å². The summed E-state index contributed by atoms with van der Waals surface area (Å²) >= 11 is 0. The Morgan fingerprint density at radius 2 is 2.36 bits per heavy atom. The van der Waals surface area contributed by atoms with Gasteiger partial charge in [-0.2, -0.15) is 0 Å². The van der Waals surface area contributed by atoms with E-state index >= 15 is 0 Å². The maximum atomic E-state index is 3.78. The molecule has 0 saturated heterocycles. The van der Waals surface area contributed by atoms with Crippen molar-refractivity contribution in [1.29, 1.82) is 0 Å². The summed E-state index contributed by atoms with van der Waals surface area (Å²) < 4.78 is 0. The second-order valence-corrected chi connectivity index (χ2v) is 3.79. The van der Waals surface area contributed by atoms with Crippen LogP contribution in [0.2, 0.25) is 0 Å². The van der Waals surface area contributed by atoms with Gasteiger partial charge in [0.05, 0.1) is 0 Å². The zero-order chi connectivity index (χ0) is 9.97. The molecule has 1 heteroatoms. The van der Waals surface area contributed by atoms with Crippen LogP contribution >= 0.6 is 0 Å². The minimum Gasteiger partial charge on any atom is -0.371 e. The largest absolute Gasteiger partial charge is 0.371 e. The molecule has 0 aliphatic carbocycles. The molecule has 0 saturated carbocycles. The third kappa shape index (κ3) is 1.54. The molecule has 0 N–H and O–H groups in total. The molecule has 1 aliphatic heterocycles. The molecule has 0 bridgehead atoms. The highest BCUT2D eigenvalue weighted by atomic mass is 15.1. The van der Waals surface area contributed by atoms with E-state index in [1.54, 1.807) is 0 Å². The Kier molecular flexibility index (Phi) is 2.58. The zero-order valence-corrected chi connectivity index (χ0v) is 8.79. The van der Waals surface area contributed by atoms with Gasteiger partial charge in [-0.25, -0.2) is 0 Å². The first kappa shape index (κ1) is 9.32. The van der Waals surface area contributed by atoms with E-state index in [1.165, 1.54) is 29.8 Å². The van der Waals surface area contributed by atoms with Gasteiger partial charge in [-0.05, 0) is 37.0 Å². The molecule has 0 spiro atoms. The lowest BCUT2D eigenvalue weighted by atomic mass is 10.1. The molecule has 1 aromatic carbocycles. The average molecular weight is 187 g/mol. The van der Waals surface area contributed by atoms with Crippen LogP contribution in [0.5, 0.6) is 0 Å². The Labute approximate surface area is 86.1 Å². The Hall–Kier alpha value is -1.24. The Morgan fingerprint density at radius 3 is 3.07 bits per heavy atom. The first-order valence-electron chi connectivity index (χ1n) is 5.32.